The summed E-state index contributed by atoms with van der Waals surface area (Å²) in [6.07, 6.45) is 3.11. The average molecular weight is 235 g/mol. The maximum Gasteiger partial charge on any atom is 0.247 e. The van der Waals surface area contributed by atoms with Crippen molar-refractivity contribution in [2.24, 2.45) is 5.73 Å². The summed E-state index contributed by atoms with van der Waals surface area (Å²) in [6.45, 7) is 5.95. The summed E-state index contributed by atoms with van der Waals surface area (Å²) in [5.41, 5.74) is 6.63. The van der Waals surface area contributed by atoms with Crippen LogP contribution in [0.15, 0.2) is 21.3 Å². The van der Waals surface area contributed by atoms with Gasteiger partial charge in [0.1, 0.15) is 0 Å². The van der Waals surface area contributed by atoms with Gasteiger partial charge in [0.15, 0.2) is 5.76 Å². The summed E-state index contributed by atoms with van der Waals surface area (Å²) in [6, 6.07) is 1.86. The van der Waals surface area contributed by atoms with E-state index in [1.165, 1.54) is 0 Å². The molecule has 0 bridgehead atoms. The molecule has 2 heterocycles. The Morgan fingerprint density at radius 2 is 2.06 bits per heavy atom. The lowest BCUT2D eigenvalue weighted by molar-refractivity contribution is 0.267. The van der Waals surface area contributed by atoms with Crippen molar-refractivity contribution in [3.8, 4) is 11.6 Å². The fourth-order valence-corrected chi connectivity index (χ4v) is 1.67. The third-order valence-corrected chi connectivity index (χ3v) is 3.18. The van der Waals surface area contributed by atoms with Gasteiger partial charge in [-0.2, -0.15) is 4.98 Å². The fourth-order valence-electron chi connectivity index (χ4n) is 1.67. The minimum Gasteiger partial charge on any atom is -0.461 e. The number of furan rings is 1. The van der Waals surface area contributed by atoms with E-state index in [0.717, 1.165) is 18.4 Å². The number of hydrogen-bond acceptors (Lipinski definition) is 5. The maximum atomic E-state index is 6.20. The molecule has 0 fully saturated rings. The van der Waals surface area contributed by atoms with Crippen molar-refractivity contribution < 1.29 is 8.94 Å². The molecule has 2 aromatic rings. The average Bonchev–Trinajstić information content (AvgIpc) is 2.96. The van der Waals surface area contributed by atoms with Crippen LogP contribution in [-0.2, 0) is 5.54 Å². The third kappa shape index (κ3) is 1.98. The Balaban J connectivity index is 2.37. The van der Waals surface area contributed by atoms with Gasteiger partial charge >= 0.3 is 0 Å². The zero-order chi connectivity index (χ0) is 12.5. The van der Waals surface area contributed by atoms with Gasteiger partial charge in [0.25, 0.3) is 0 Å². The van der Waals surface area contributed by atoms with Crippen molar-refractivity contribution >= 4 is 0 Å². The molecule has 0 aliphatic heterocycles. The van der Waals surface area contributed by atoms with Crippen LogP contribution >= 0.6 is 0 Å². The highest BCUT2D eigenvalue weighted by molar-refractivity contribution is 5.51. The van der Waals surface area contributed by atoms with E-state index in [-0.39, 0.29) is 0 Å². The van der Waals surface area contributed by atoms with Gasteiger partial charge in [0.05, 0.1) is 11.8 Å². The molecule has 5 nitrogen and oxygen atoms in total. The second-order valence-corrected chi connectivity index (χ2v) is 4.22. The van der Waals surface area contributed by atoms with Crippen LogP contribution in [0.5, 0.6) is 0 Å². The molecule has 0 amide bonds. The van der Waals surface area contributed by atoms with E-state index in [0.29, 0.717) is 17.5 Å². The molecule has 92 valence electrons. The molecule has 0 unspecified atom stereocenters. The van der Waals surface area contributed by atoms with Crippen LogP contribution < -0.4 is 5.73 Å². The first-order valence-corrected chi connectivity index (χ1v) is 5.78. The highest BCUT2D eigenvalue weighted by Crippen LogP contribution is 2.27. The van der Waals surface area contributed by atoms with Crippen molar-refractivity contribution in [1.82, 2.24) is 10.1 Å². The number of rotatable bonds is 4. The molecule has 0 atom stereocenters. The molecule has 0 spiro atoms. The Labute approximate surface area is 100.0 Å². The molecule has 0 aromatic carbocycles. The van der Waals surface area contributed by atoms with E-state index < -0.39 is 5.54 Å². The van der Waals surface area contributed by atoms with Gasteiger partial charge in [0, 0.05) is 0 Å². The van der Waals surface area contributed by atoms with Crippen LogP contribution in [0, 0.1) is 6.92 Å². The first-order chi connectivity index (χ1) is 8.10. The molecule has 17 heavy (non-hydrogen) atoms. The summed E-state index contributed by atoms with van der Waals surface area (Å²) in [7, 11) is 0. The van der Waals surface area contributed by atoms with Gasteiger partial charge in [-0.3, -0.25) is 0 Å². The van der Waals surface area contributed by atoms with Gasteiger partial charge in [-0.1, -0.05) is 19.0 Å². The lowest BCUT2D eigenvalue weighted by Crippen LogP contribution is -2.35. The van der Waals surface area contributed by atoms with E-state index in [9.17, 15) is 0 Å². The van der Waals surface area contributed by atoms with E-state index in [2.05, 4.69) is 10.1 Å². The number of hydrogen-bond donors (Lipinski definition) is 1. The molecule has 0 saturated heterocycles. The van der Waals surface area contributed by atoms with Crippen LogP contribution in [0.2, 0.25) is 0 Å². The summed E-state index contributed by atoms with van der Waals surface area (Å²) in [5.74, 6) is 1.56. The lowest BCUT2D eigenvalue weighted by Gasteiger charge is -2.20. The Morgan fingerprint density at radius 3 is 2.59 bits per heavy atom. The third-order valence-electron chi connectivity index (χ3n) is 3.18. The molecular weight excluding hydrogens is 218 g/mol. The predicted octanol–water partition coefficient (Wildman–Crippen LogP) is 2.61. The van der Waals surface area contributed by atoms with Crippen LogP contribution in [0.3, 0.4) is 0 Å². The predicted molar refractivity (Wildman–Crippen MR) is 63.2 cm³/mol. The molecule has 2 aromatic heterocycles. The second-order valence-electron chi connectivity index (χ2n) is 4.22. The smallest absolute Gasteiger partial charge is 0.247 e. The first-order valence-electron chi connectivity index (χ1n) is 5.78. The normalized spacial score (nSPS) is 12.0. The van der Waals surface area contributed by atoms with Crippen molar-refractivity contribution in [3.63, 3.8) is 0 Å². The monoisotopic (exact) mass is 235 g/mol. The molecule has 2 rings (SSSR count). The first kappa shape index (κ1) is 11.9. The van der Waals surface area contributed by atoms with Gasteiger partial charge in [0.2, 0.25) is 11.7 Å². The van der Waals surface area contributed by atoms with Gasteiger partial charge < -0.3 is 14.7 Å². The van der Waals surface area contributed by atoms with E-state index in [4.69, 9.17) is 14.7 Å². The Morgan fingerprint density at radius 1 is 1.35 bits per heavy atom. The van der Waals surface area contributed by atoms with E-state index >= 15 is 0 Å². The Hall–Kier alpha value is -1.62. The van der Waals surface area contributed by atoms with Gasteiger partial charge in [-0.05, 0) is 31.4 Å². The topological polar surface area (TPSA) is 78.1 Å². The molecule has 0 saturated carbocycles. The van der Waals surface area contributed by atoms with Crippen molar-refractivity contribution in [3.05, 3.63) is 23.8 Å². The summed E-state index contributed by atoms with van der Waals surface area (Å²) in [5, 5.41) is 3.92. The number of nitrogens with zero attached hydrogens (tertiary/aromatic N) is 2. The highest BCUT2D eigenvalue weighted by Gasteiger charge is 2.30. The standard InChI is InChI=1S/C12H17N3O2/c1-4-12(13,5-2)11-14-10(15-17-11)9-8(3)6-7-16-9/h6-7H,4-5,13H2,1-3H3. The van der Waals surface area contributed by atoms with Gasteiger partial charge in [-0.15, -0.1) is 0 Å². The summed E-state index contributed by atoms with van der Waals surface area (Å²) < 4.78 is 10.6. The zero-order valence-electron chi connectivity index (χ0n) is 10.4. The molecule has 0 aliphatic rings. The molecule has 0 radical (unpaired) electrons. The van der Waals surface area contributed by atoms with E-state index in [1.807, 2.05) is 26.8 Å². The molecule has 5 heteroatoms. The van der Waals surface area contributed by atoms with Crippen molar-refractivity contribution in [1.29, 1.82) is 0 Å². The molecule has 2 N–H and O–H groups in total. The highest BCUT2D eigenvalue weighted by atomic mass is 16.5. The van der Waals surface area contributed by atoms with Crippen molar-refractivity contribution in [2.75, 3.05) is 0 Å². The Bertz CT molecular complexity index is 497. The van der Waals surface area contributed by atoms with Crippen LogP contribution in [0.25, 0.3) is 11.6 Å². The maximum absolute atomic E-state index is 6.20. The number of nitrogens with two attached hydrogens (primary N) is 1. The van der Waals surface area contributed by atoms with Crippen molar-refractivity contribution in [2.45, 2.75) is 39.2 Å². The summed E-state index contributed by atoms with van der Waals surface area (Å²) >= 11 is 0. The quantitative estimate of drug-likeness (QED) is 0.881. The van der Waals surface area contributed by atoms with Crippen LogP contribution in [0.1, 0.15) is 38.1 Å². The lowest BCUT2D eigenvalue weighted by atomic mass is 9.94. The van der Waals surface area contributed by atoms with E-state index in [1.54, 1.807) is 6.26 Å². The summed E-state index contributed by atoms with van der Waals surface area (Å²) in [4.78, 5) is 4.33. The number of aromatic nitrogens is 2. The molecular formula is C12H17N3O2. The minimum absolute atomic E-state index is 0.458. The second kappa shape index (κ2) is 4.33. The van der Waals surface area contributed by atoms with Crippen LogP contribution in [-0.4, -0.2) is 10.1 Å². The molecule has 0 aliphatic carbocycles. The van der Waals surface area contributed by atoms with Gasteiger partial charge in [-0.25, -0.2) is 0 Å². The fraction of sp³-hybridized carbons (Fsp3) is 0.500. The largest absolute Gasteiger partial charge is 0.461 e. The van der Waals surface area contributed by atoms with Crippen LogP contribution in [0.4, 0.5) is 0 Å². The minimum atomic E-state index is -0.550. The number of aryl methyl sites for hydroxylation is 1. The SMILES string of the molecule is CCC(N)(CC)c1nc(-c2occc2C)no1. The zero-order valence-corrected chi connectivity index (χ0v) is 10.4. The Kier molecular flexibility index (Phi) is 3.02.